The smallest absolute Gasteiger partial charge is 0.214 e. The molecule has 2 aromatic carbocycles. The standard InChI is InChI=1S/C21H21FN2O2S/c1-15-7-5-6-12-24(15)21-18-13-16(22)10-11-19(18)23-14-20(21)27(25,26)17-8-3-2-4-9-17/h2-4,8-11,13-15H,5-7,12H2,1H3/p+1/t15-/m1/s1. The molecule has 2 heterocycles. The fraction of sp³-hybridized carbons (Fsp3) is 0.286. The molecule has 4 rings (SSSR count). The summed E-state index contributed by atoms with van der Waals surface area (Å²) in [5.74, 6) is -0.379. The largest absolute Gasteiger partial charge is 0.367 e. The Morgan fingerprint density at radius 1 is 1.11 bits per heavy atom. The molecule has 1 saturated heterocycles. The van der Waals surface area contributed by atoms with E-state index < -0.39 is 9.84 Å². The number of H-pyrrole nitrogens is 1. The van der Waals surface area contributed by atoms with Crippen LogP contribution >= 0.6 is 0 Å². The lowest BCUT2D eigenvalue weighted by molar-refractivity contribution is -0.347. The molecule has 4 nitrogen and oxygen atoms in total. The van der Waals surface area contributed by atoms with Crippen molar-refractivity contribution in [2.45, 2.75) is 42.0 Å². The molecule has 3 aromatic rings. The average molecular weight is 385 g/mol. The highest BCUT2D eigenvalue weighted by molar-refractivity contribution is 7.91. The van der Waals surface area contributed by atoms with Gasteiger partial charge in [0, 0.05) is 18.7 Å². The lowest BCUT2D eigenvalue weighted by Crippen LogP contribution is -2.38. The van der Waals surface area contributed by atoms with E-state index in [1.54, 1.807) is 42.6 Å². The third kappa shape index (κ3) is 3.18. The SMILES string of the molecule is C[C@@H]1CCCCN1c1c(S(=O)(=O)c2ccccc2)c[nH+]c2ccc(F)cc12. The number of rotatable bonds is 3. The topological polar surface area (TPSA) is 51.5 Å². The van der Waals surface area contributed by atoms with Crippen LogP contribution in [-0.2, 0) is 9.84 Å². The normalized spacial score (nSPS) is 18.0. The number of hydrogen-bond donors (Lipinski definition) is 0. The Morgan fingerprint density at radius 2 is 1.89 bits per heavy atom. The minimum absolute atomic E-state index is 0.192. The van der Waals surface area contributed by atoms with Crippen molar-refractivity contribution >= 4 is 26.4 Å². The van der Waals surface area contributed by atoms with Gasteiger partial charge in [0.25, 0.3) is 0 Å². The van der Waals surface area contributed by atoms with E-state index in [9.17, 15) is 12.8 Å². The second-order valence-corrected chi connectivity index (χ2v) is 8.96. The van der Waals surface area contributed by atoms with Crippen LogP contribution in [-0.4, -0.2) is 21.0 Å². The number of sulfone groups is 1. The summed E-state index contributed by atoms with van der Waals surface area (Å²) < 4.78 is 40.8. The van der Waals surface area contributed by atoms with Gasteiger partial charge in [0.15, 0.2) is 11.1 Å². The monoisotopic (exact) mass is 385 g/mol. The number of aromatic nitrogens is 1. The third-order valence-electron chi connectivity index (χ3n) is 5.26. The van der Waals surface area contributed by atoms with Gasteiger partial charge in [-0.25, -0.2) is 17.8 Å². The molecule has 1 aliphatic heterocycles. The molecule has 0 saturated carbocycles. The van der Waals surface area contributed by atoms with Gasteiger partial charge in [0.1, 0.15) is 5.82 Å². The number of benzene rings is 2. The molecule has 1 N–H and O–H groups in total. The number of fused-ring (bicyclic) bond motifs is 1. The molecule has 0 radical (unpaired) electrons. The highest BCUT2D eigenvalue weighted by Crippen LogP contribution is 2.37. The van der Waals surface area contributed by atoms with Gasteiger partial charge in [-0.1, -0.05) is 18.2 Å². The van der Waals surface area contributed by atoms with Gasteiger partial charge < -0.3 is 4.90 Å². The number of pyridine rings is 1. The summed E-state index contributed by atoms with van der Waals surface area (Å²) in [6.45, 7) is 2.86. The first-order chi connectivity index (χ1) is 13.0. The zero-order valence-electron chi connectivity index (χ0n) is 15.2. The summed E-state index contributed by atoms with van der Waals surface area (Å²) in [6.07, 6.45) is 4.63. The molecule has 0 bridgehead atoms. The van der Waals surface area contributed by atoms with E-state index in [2.05, 4.69) is 16.8 Å². The van der Waals surface area contributed by atoms with Crippen LogP contribution in [0.3, 0.4) is 0 Å². The van der Waals surface area contributed by atoms with Gasteiger partial charge in [0.2, 0.25) is 15.4 Å². The van der Waals surface area contributed by atoms with Crippen LogP contribution in [0.15, 0.2) is 64.5 Å². The van der Waals surface area contributed by atoms with Crippen molar-refractivity contribution in [1.82, 2.24) is 0 Å². The molecule has 0 unspecified atom stereocenters. The first kappa shape index (κ1) is 17.9. The summed E-state index contributed by atoms with van der Waals surface area (Å²) in [7, 11) is -3.74. The Kier molecular flexibility index (Phi) is 4.60. The minimum Gasteiger partial charge on any atom is -0.367 e. The Bertz CT molecular complexity index is 1080. The van der Waals surface area contributed by atoms with Crippen LogP contribution in [0.4, 0.5) is 10.1 Å². The van der Waals surface area contributed by atoms with Gasteiger partial charge in [-0.3, -0.25) is 0 Å². The van der Waals surface area contributed by atoms with E-state index in [1.807, 2.05) is 0 Å². The van der Waals surface area contributed by atoms with Crippen molar-refractivity contribution in [3.63, 3.8) is 0 Å². The van der Waals surface area contributed by atoms with Crippen LogP contribution in [0.2, 0.25) is 0 Å². The van der Waals surface area contributed by atoms with Crippen LogP contribution in [0.5, 0.6) is 0 Å². The zero-order valence-corrected chi connectivity index (χ0v) is 16.0. The van der Waals surface area contributed by atoms with E-state index >= 15 is 0 Å². The molecule has 0 aliphatic carbocycles. The maximum Gasteiger partial charge on any atom is 0.214 e. The molecular weight excluding hydrogens is 363 g/mol. The second kappa shape index (κ2) is 6.93. The van der Waals surface area contributed by atoms with Gasteiger partial charge in [-0.05, 0) is 50.5 Å². The highest BCUT2D eigenvalue weighted by Gasteiger charge is 2.32. The predicted octanol–water partition coefficient (Wildman–Crippen LogP) is 4.00. The fourth-order valence-electron chi connectivity index (χ4n) is 3.84. The van der Waals surface area contributed by atoms with Gasteiger partial charge >= 0.3 is 0 Å². The molecule has 140 valence electrons. The Hall–Kier alpha value is -2.47. The summed E-state index contributed by atoms with van der Waals surface area (Å²) in [6, 6.07) is 13.0. The van der Waals surface area contributed by atoms with Gasteiger partial charge in [-0.15, -0.1) is 0 Å². The van der Waals surface area contributed by atoms with Crippen LogP contribution in [0.1, 0.15) is 26.2 Å². The van der Waals surface area contributed by atoms with Crippen molar-refractivity contribution in [3.05, 3.63) is 60.5 Å². The predicted molar refractivity (Wildman–Crippen MR) is 103 cm³/mol. The Morgan fingerprint density at radius 3 is 2.63 bits per heavy atom. The maximum atomic E-state index is 14.1. The fourth-order valence-corrected chi connectivity index (χ4v) is 5.31. The molecule has 0 spiro atoms. The lowest BCUT2D eigenvalue weighted by Gasteiger charge is -2.36. The average Bonchev–Trinajstić information content (AvgIpc) is 2.68. The number of nitrogens with one attached hydrogen (secondary N) is 1. The first-order valence-electron chi connectivity index (χ1n) is 9.19. The van der Waals surface area contributed by atoms with Crippen molar-refractivity contribution in [3.8, 4) is 0 Å². The molecule has 27 heavy (non-hydrogen) atoms. The van der Waals surface area contributed by atoms with Gasteiger partial charge in [-0.2, -0.15) is 0 Å². The molecule has 1 atom stereocenters. The number of piperidine rings is 1. The number of halogens is 1. The van der Waals surface area contributed by atoms with Crippen molar-refractivity contribution < 1.29 is 17.8 Å². The van der Waals surface area contributed by atoms with Crippen LogP contribution in [0, 0.1) is 5.82 Å². The van der Waals surface area contributed by atoms with Gasteiger partial charge in [0.05, 0.1) is 16.0 Å². The van der Waals surface area contributed by atoms with Crippen molar-refractivity contribution in [2.24, 2.45) is 0 Å². The molecule has 6 heteroatoms. The Balaban J connectivity index is 2.02. The summed E-state index contributed by atoms with van der Waals surface area (Å²) in [4.78, 5) is 5.60. The van der Waals surface area contributed by atoms with E-state index in [0.717, 1.165) is 31.3 Å². The molecular formula is C21H22FN2O2S+. The third-order valence-corrected chi connectivity index (χ3v) is 7.05. The van der Waals surface area contributed by atoms with Crippen LogP contribution < -0.4 is 9.88 Å². The summed E-state index contributed by atoms with van der Waals surface area (Å²) >= 11 is 0. The Labute approximate surface area is 158 Å². The van der Waals surface area contributed by atoms with Crippen molar-refractivity contribution in [2.75, 3.05) is 11.4 Å². The number of nitrogens with zero attached hydrogens (tertiary/aromatic N) is 1. The zero-order chi connectivity index (χ0) is 19.0. The first-order valence-corrected chi connectivity index (χ1v) is 10.7. The maximum absolute atomic E-state index is 14.1. The van der Waals surface area contributed by atoms with Crippen LogP contribution in [0.25, 0.3) is 10.9 Å². The second-order valence-electron chi connectivity index (χ2n) is 7.05. The summed E-state index contributed by atoms with van der Waals surface area (Å²) in [5.41, 5.74) is 1.32. The molecule has 1 fully saturated rings. The summed E-state index contributed by atoms with van der Waals surface area (Å²) in [5, 5.41) is 0.598. The quantitative estimate of drug-likeness (QED) is 0.685. The minimum atomic E-state index is -3.74. The number of aromatic amines is 1. The van der Waals surface area contributed by atoms with E-state index in [1.165, 1.54) is 12.1 Å². The van der Waals surface area contributed by atoms with E-state index in [-0.39, 0.29) is 21.7 Å². The van der Waals surface area contributed by atoms with E-state index in [0.29, 0.717) is 11.1 Å². The number of hydrogen-bond acceptors (Lipinski definition) is 3. The molecule has 0 amide bonds. The molecule has 1 aliphatic rings. The van der Waals surface area contributed by atoms with E-state index in [4.69, 9.17) is 0 Å². The highest BCUT2D eigenvalue weighted by atomic mass is 32.2. The molecule has 1 aromatic heterocycles. The van der Waals surface area contributed by atoms with Crippen molar-refractivity contribution in [1.29, 1.82) is 0 Å². The number of anilines is 1. The lowest BCUT2D eigenvalue weighted by atomic mass is 10.0.